The van der Waals surface area contributed by atoms with Gasteiger partial charge >= 0.3 is 0 Å². The number of hydrogen-bond acceptors (Lipinski definition) is 2. The van der Waals surface area contributed by atoms with Gasteiger partial charge in [-0.3, -0.25) is 9.69 Å². The van der Waals surface area contributed by atoms with Crippen LogP contribution in [-0.2, 0) is 11.3 Å². The monoisotopic (exact) mass is 370 g/mol. The van der Waals surface area contributed by atoms with Gasteiger partial charge in [0.05, 0.1) is 16.8 Å². The number of carbonyl (C=O) groups excluding carboxylic acids is 1. The third-order valence-corrected chi connectivity index (χ3v) is 4.39. The van der Waals surface area contributed by atoms with Crippen molar-refractivity contribution in [2.75, 3.05) is 12.4 Å². The number of hydrogen-bond donors (Lipinski definition) is 1. The molecular formula is C17H17Cl3N2O. The maximum atomic E-state index is 12.4. The number of amides is 1. The molecule has 0 aliphatic rings. The number of nitrogens with one attached hydrogen (secondary N) is 1. The zero-order valence-electron chi connectivity index (χ0n) is 12.8. The maximum absolute atomic E-state index is 12.4. The summed E-state index contributed by atoms with van der Waals surface area (Å²) in [7, 11) is 1.89. The number of nitrogens with zero attached hydrogens (tertiary/aromatic N) is 1. The van der Waals surface area contributed by atoms with Crippen molar-refractivity contribution in [1.29, 1.82) is 0 Å². The number of carbonyl (C=O) groups is 1. The third kappa shape index (κ3) is 5.11. The zero-order chi connectivity index (χ0) is 17.0. The Morgan fingerprint density at radius 2 is 1.70 bits per heavy atom. The normalized spacial score (nSPS) is 12.3. The van der Waals surface area contributed by atoms with Crippen LogP contribution in [0.15, 0.2) is 42.5 Å². The summed E-state index contributed by atoms with van der Waals surface area (Å²) in [6.45, 7) is 2.47. The molecule has 1 atom stereocenters. The van der Waals surface area contributed by atoms with Gasteiger partial charge in [-0.15, -0.1) is 0 Å². The van der Waals surface area contributed by atoms with Gasteiger partial charge in [0.25, 0.3) is 0 Å². The first kappa shape index (κ1) is 18.1. The van der Waals surface area contributed by atoms with E-state index in [-0.39, 0.29) is 11.9 Å². The highest BCUT2D eigenvalue weighted by atomic mass is 35.5. The van der Waals surface area contributed by atoms with Gasteiger partial charge in [-0.1, -0.05) is 46.9 Å². The second kappa shape index (κ2) is 8.02. The Bertz CT molecular complexity index is 689. The van der Waals surface area contributed by atoms with Crippen LogP contribution < -0.4 is 5.32 Å². The van der Waals surface area contributed by atoms with Crippen molar-refractivity contribution in [2.24, 2.45) is 0 Å². The fourth-order valence-corrected chi connectivity index (χ4v) is 2.51. The smallest absolute Gasteiger partial charge is 0.241 e. The maximum Gasteiger partial charge on any atom is 0.241 e. The standard InChI is InChI=1S/C17H17Cl3N2O/c1-11(22(2)10-12-3-5-13(18)6-4-12)17(23)21-16-9-14(19)7-8-15(16)20/h3-9,11H,10H2,1-2H3,(H,21,23). The Hall–Kier alpha value is -1.26. The van der Waals surface area contributed by atoms with Gasteiger partial charge in [0.1, 0.15) is 0 Å². The van der Waals surface area contributed by atoms with Crippen LogP contribution in [0, 0.1) is 0 Å². The molecule has 0 bridgehead atoms. The van der Waals surface area contributed by atoms with Crippen molar-refractivity contribution in [1.82, 2.24) is 4.90 Å². The lowest BCUT2D eigenvalue weighted by Gasteiger charge is -2.24. The molecule has 0 aliphatic heterocycles. The van der Waals surface area contributed by atoms with Crippen LogP contribution in [0.3, 0.4) is 0 Å². The summed E-state index contributed by atoms with van der Waals surface area (Å²) in [6, 6.07) is 12.2. The van der Waals surface area contributed by atoms with E-state index in [4.69, 9.17) is 34.8 Å². The van der Waals surface area contributed by atoms with E-state index in [2.05, 4.69) is 5.32 Å². The third-order valence-electron chi connectivity index (χ3n) is 3.57. The Kier molecular flexibility index (Phi) is 6.31. The van der Waals surface area contributed by atoms with Crippen LogP contribution in [0.5, 0.6) is 0 Å². The van der Waals surface area contributed by atoms with E-state index in [1.54, 1.807) is 18.2 Å². The van der Waals surface area contributed by atoms with Crippen LogP contribution in [0.2, 0.25) is 15.1 Å². The minimum atomic E-state index is -0.333. The summed E-state index contributed by atoms with van der Waals surface area (Å²) in [6.07, 6.45) is 0. The molecule has 2 rings (SSSR count). The molecule has 0 spiro atoms. The van der Waals surface area contributed by atoms with Crippen molar-refractivity contribution >= 4 is 46.4 Å². The summed E-state index contributed by atoms with van der Waals surface area (Å²) < 4.78 is 0. The fraction of sp³-hybridized carbons (Fsp3) is 0.235. The van der Waals surface area contributed by atoms with Gasteiger partial charge in [-0.05, 0) is 49.9 Å². The van der Waals surface area contributed by atoms with E-state index in [1.807, 2.05) is 43.1 Å². The minimum Gasteiger partial charge on any atom is -0.323 e. The fourth-order valence-electron chi connectivity index (χ4n) is 2.05. The molecular weight excluding hydrogens is 355 g/mol. The molecule has 0 aliphatic carbocycles. The van der Waals surface area contributed by atoms with Crippen molar-refractivity contribution < 1.29 is 4.79 Å². The van der Waals surface area contributed by atoms with E-state index in [1.165, 1.54) is 0 Å². The van der Waals surface area contributed by atoms with Gasteiger partial charge in [-0.2, -0.15) is 0 Å². The molecule has 1 unspecified atom stereocenters. The van der Waals surface area contributed by atoms with E-state index in [0.717, 1.165) is 5.56 Å². The molecule has 0 saturated carbocycles. The topological polar surface area (TPSA) is 32.3 Å². The first-order valence-electron chi connectivity index (χ1n) is 7.07. The molecule has 0 heterocycles. The highest BCUT2D eigenvalue weighted by molar-refractivity contribution is 6.35. The molecule has 2 aromatic carbocycles. The van der Waals surface area contributed by atoms with Crippen LogP contribution in [-0.4, -0.2) is 23.9 Å². The summed E-state index contributed by atoms with van der Waals surface area (Å²) in [5.41, 5.74) is 1.59. The number of halogens is 3. The predicted molar refractivity (Wildman–Crippen MR) is 97.5 cm³/mol. The minimum absolute atomic E-state index is 0.148. The highest BCUT2D eigenvalue weighted by Crippen LogP contribution is 2.25. The summed E-state index contributed by atoms with van der Waals surface area (Å²) in [4.78, 5) is 14.3. The Morgan fingerprint density at radius 3 is 2.35 bits per heavy atom. The van der Waals surface area contributed by atoms with Crippen LogP contribution in [0.1, 0.15) is 12.5 Å². The van der Waals surface area contributed by atoms with Crippen LogP contribution in [0.4, 0.5) is 5.69 Å². The van der Waals surface area contributed by atoms with Gasteiger partial charge in [0.2, 0.25) is 5.91 Å². The molecule has 1 N–H and O–H groups in total. The van der Waals surface area contributed by atoms with Gasteiger partial charge in [0, 0.05) is 16.6 Å². The van der Waals surface area contributed by atoms with E-state index < -0.39 is 0 Å². The highest BCUT2D eigenvalue weighted by Gasteiger charge is 2.19. The number of rotatable bonds is 5. The van der Waals surface area contributed by atoms with Crippen molar-refractivity contribution in [3.63, 3.8) is 0 Å². The zero-order valence-corrected chi connectivity index (χ0v) is 15.1. The van der Waals surface area contributed by atoms with Crippen molar-refractivity contribution in [3.05, 3.63) is 63.1 Å². The van der Waals surface area contributed by atoms with Gasteiger partial charge in [0.15, 0.2) is 0 Å². The molecule has 2 aromatic rings. The Morgan fingerprint density at radius 1 is 1.09 bits per heavy atom. The second-order valence-electron chi connectivity index (χ2n) is 5.33. The lowest BCUT2D eigenvalue weighted by atomic mass is 10.2. The lowest BCUT2D eigenvalue weighted by Crippen LogP contribution is -2.39. The van der Waals surface area contributed by atoms with Crippen molar-refractivity contribution in [2.45, 2.75) is 19.5 Å². The molecule has 0 radical (unpaired) electrons. The summed E-state index contributed by atoms with van der Waals surface area (Å²) in [5.74, 6) is -0.148. The van der Waals surface area contributed by atoms with Crippen molar-refractivity contribution in [3.8, 4) is 0 Å². The van der Waals surface area contributed by atoms with E-state index >= 15 is 0 Å². The molecule has 1 amide bonds. The number of anilines is 1. The number of likely N-dealkylation sites (N-methyl/N-ethyl adjacent to an activating group) is 1. The van der Waals surface area contributed by atoms with Gasteiger partial charge in [-0.25, -0.2) is 0 Å². The predicted octanol–water partition coefficient (Wildman–Crippen LogP) is 5.11. The SMILES string of the molecule is CC(C(=O)Nc1cc(Cl)ccc1Cl)N(C)Cc1ccc(Cl)cc1. The second-order valence-corrected chi connectivity index (χ2v) is 6.61. The van der Waals surface area contributed by atoms with Gasteiger partial charge < -0.3 is 5.32 Å². The lowest BCUT2D eigenvalue weighted by molar-refractivity contribution is -0.120. The Labute approximate surface area is 151 Å². The largest absolute Gasteiger partial charge is 0.323 e. The molecule has 0 saturated heterocycles. The number of benzene rings is 2. The average Bonchev–Trinajstić information content (AvgIpc) is 2.52. The van der Waals surface area contributed by atoms with E-state index in [9.17, 15) is 4.79 Å². The van der Waals surface area contributed by atoms with Crippen LogP contribution >= 0.6 is 34.8 Å². The molecule has 0 aromatic heterocycles. The van der Waals surface area contributed by atoms with E-state index in [0.29, 0.717) is 27.3 Å². The first-order chi connectivity index (χ1) is 10.9. The summed E-state index contributed by atoms with van der Waals surface area (Å²) in [5, 5.41) is 4.48. The van der Waals surface area contributed by atoms with Crippen LogP contribution in [0.25, 0.3) is 0 Å². The average molecular weight is 372 g/mol. The Balaban J connectivity index is 2.00. The molecule has 0 fully saturated rings. The molecule has 122 valence electrons. The molecule has 3 nitrogen and oxygen atoms in total. The quantitative estimate of drug-likeness (QED) is 0.792. The summed E-state index contributed by atoms with van der Waals surface area (Å²) >= 11 is 17.9. The molecule has 6 heteroatoms. The molecule has 23 heavy (non-hydrogen) atoms. The first-order valence-corrected chi connectivity index (χ1v) is 8.21.